The summed E-state index contributed by atoms with van der Waals surface area (Å²) < 4.78 is 16.7. The van der Waals surface area contributed by atoms with Gasteiger partial charge in [-0.05, 0) is 103 Å². The Balaban J connectivity index is 4.46. The molecule has 0 aromatic rings. The second-order valence-electron chi connectivity index (χ2n) is 17.5. The standard InChI is InChI=1S/C59H98O6/c1-4-7-10-13-16-19-22-24-26-28-29-31-32-34-37-40-43-46-49-52-58(61)64-55-56(54-63-57(60)51-48-45-42-39-36-21-18-15-12-9-6-3)65-59(62)53-50-47-44-41-38-35-33-30-27-25-23-20-17-14-11-8-5-2/h15-22,24-25,27,33,35-36,41,44,56H,4-14,23,26,28-32,34,37-40,42-43,45-55H2,1-3H3/b18-15-,19-16-,20-17-,24-22-,27-25-,35-33-,36-21-,44-41-. The van der Waals surface area contributed by atoms with Crippen LogP contribution in [0.2, 0.25) is 0 Å². The quantitative estimate of drug-likeness (QED) is 0.0199. The molecule has 0 aromatic carbocycles. The minimum Gasteiger partial charge on any atom is -0.462 e. The number of unbranched alkanes of at least 4 members (excludes halogenated alkanes) is 22. The van der Waals surface area contributed by atoms with Crippen LogP contribution < -0.4 is 0 Å². The Kier molecular flexibility index (Phi) is 50.0. The molecule has 0 aliphatic heterocycles. The molecule has 0 spiro atoms. The molecule has 6 heteroatoms. The normalized spacial score (nSPS) is 12.8. The predicted octanol–water partition coefficient (Wildman–Crippen LogP) is 17.8. The molecular formula is C59H98O6. The van der Waals surface area contributed by atoms with Gasteiger partial charge in [0.25, 0.3) is 0 Å². The Morgan fingerprint density at radius 2 is 0.631 bits per heavy atom. The van der Waals surface area contributed by atoms with Gasteiger partial charge in [0.2, 0.25) is 0 Å². The van der Waals surface area contributed by atoms with E-state index in [-0.39, 0.29) is 37.5 Å². The van der Waals surface area contributed by atoms with Gasteiger partial charge >= 0.3 is 17.9 Å². The van der Waals surface area contributed by atoms with E-state index in [2.05, 4.69) is 118 Å². The number of rotatable bonds is 47. The smallest absolute Gasteiger partial charge is 0.306 e. The summed E-state index contributed by atoms with van der Waals surface area (Å²) in [5, 5.41) is 0. The molecular weight excluding hydrogens is 805 g/mol. The highest BCUT2D eigenvalue weighted by atomic mass is 16.6. The molecule has 0 aliphatic carbocycles. The van der Waals surface area contributed by atoms with Crippen molar-refractivity contribution in [3.8, 4) is 0 Å². The zero-order valence-corrected chi connectivity index (χ0v) is 42.2. The zero-order chi connectivity index (χ0) is 47.2. The van der Waals surface area contributed by atoms with Crippen molar-refractivity contribution in [3.05, 3.63) is 97.2 Å². The maximum atomic E-state index is 12.8. The summed E-state index contributed by atoms with van der Waals surface area (Å²) in [7, 11) is 0. The molecule has 0 bridgehead atoms. The van der Waals surface area contributed by atoms with E-state index in [1.165, 1.54) is 116 Å². The molecule has 370 valence electrons. The lowest BCUT2D eigenvalue weighted by molar-refractivity contribution is -0.167. The highest BCUT2D eigenvalue weighted by Crippen LogP contribution is 2.14. The molecule has 1 atom stereocenters. The van der Waals surface area contributed by atoms with Crippen LogP contribution in [-0.2, 0) is 28.6 Å². The fourth-order valence-electron chi connectivity index (χ4n) is 6.99. The van der Waals surface area contributed by atoms with E-state index in [0.29, 0.717) is 19.3 Å². The summed E-state index contributed by atoms with van der Waals surface area (Å²) in [6.07, 6.45) is 69.7. The molecule has 0 rings (SSSR count). The van der Waals surface area contributed by atoms with E-state index < -0.39 is 6.10 Å². The van der Waals surface area contributed by atoms with E-state index in [4.69, 9.17) is 14.2 Å². The lowest BCUT2D eigenvalue weighted by Gasteiger charge is -2.18. The lowest BCUT2D eigenvalue weighted by Crippen LogP contribution is -2.30. The fourth-order valence-corrected chi connectivity index (χ4v) is 6.99. The van der Waals surface area contributed by atoms with E-state index in [1.54, 1.807) is 0 Å². The molecule has 0 aliphatic rings. The Morgan fingerprint density at radius 3 is 1.06 bits per heavy atom. The average molecular weight is 903 g/mol. The third-order valence-electron chi connectivity index (χ3n) is 11.1. The molecule has 0 radical (unpaired) electrons. The van der Waals surface area contributed by atoms with Gasteiger partial charge in [-0.1, -0.05) is 214 Å². The van der Waals surface area contributed by atoms with Gasteiger partial charge < -0.3 is 14.2 Å². The summed E-state index contributed by atoms with van der Waals surface area (Å²) in [5.41, 5.74) is 0. The first-order valence-corrected chi connectivity index (χ1v) is 26.8. The first-order valence-electron chi connectivity index (χ1n) is 26.8. The van der Waals surface area contributed by atoms with Crippen molar-refractivity contribution in [2.45, 2.75) is 245 Å². The van der Waals surface area contributed by atoms with Gasteiger partial charge in [0.15, 0.2) is 6.10 Å². The molecule has 65 heavy (non-hydrogen) atoms. The Morgan fingerprint density at radius 1 is 0.323 bits per heavy atom. The van der Waals surface area contributed by atoms with Gasteiger partial charge in [0.1, 0.15) is 13.2 Å². The molecule has 0 fully saturated rings. The van der Waals surface area contributed by atoms with Crippen LogP contribution in [0, 0.1) is 0 Å². The van der Waals surface area contributed by atoms with Gasteiger partial charge in [-0.2, -0.15) is 0 Å². The topological polar surface area (TPSA) is 78.9 Å². The van der Waals surface area contributed by atoms with Gasteiger partial charge in [0.05, 0.1) is 0 Å². The summed E-state index contributed by atoms with van der Waals surface area (Å²) in [4.78, 5) is 38.0. The molecule has 0 N–H and O–H groups in total. The number of carbonyl (C=O) groups excluding carboxylic acids is 3. The molecule has 0 heterocycles. The summed E-state index contributed by atoms with van der Waals surface area (Å²) in [5.74, 6) is -1.00. The summed E-state index contributed by atoms with van der Waals surface area (Å²) in [6.45, 7) is 6.45. The van der Waals surface area contributed by atoms with Crippen molar-refractivity contribution >= 4 is 17.9 Å². The third kappa shape index (κ3) is 51.2. The predicted molar refractivity (Wildman–Crippen MR) is 279 cm³/mol. The van der Waals surface area contributed by atoms with Crippen LogP contribution >= 0.6 is 0 Å². The van der Waals surface area contributed by atoms with E-state index in [1.807, 2.05) is 0 Å². The second-order valence-corrected chi connectivity index (χ2v) is 17.5. The lowest BCUT2D eigenvalue weighted by atomic mass is 10.1. The van der Waals surface area contributed by atoms with Crippen molar-refractivity contribution in [3.63, 3.8) is 0 Å². The SMILES string of the molecule is CCCC/C=C\C=C/CCCCCC(=O)OCC(COC(=O)CCCCCCCCCCCC/C=C\C=C/CCCCC)OC(=O)CCC/C=C\C/C=C\C/C=C\C/C=C\CCCCC. The van der Waals surface area contributed by atoms with Gasteiger partial charge in [-0.3, -0.25) is 14.4 Å². The number of ether oxygens (including phenoxy) is 3. The number of allylic oxidation sites excluding steroid dienone is 16. The summed E-state index contributed by atoms with van der Waals surface area (Å²) >= 11 is 0. The largest absolute Gasteiger partial charge is 0.462 e. The van der Waals surface area contributed by atoms with Crippen LogP contribution in [0.25, 0.3) is 0 Å². The first-order chi connectivity index (χ1) is 32.0. The van der Waals surface area contributed by atoms with Crippen LogP contribution in [0.3, 0.4) is 0 Å². The molecule has 6 nitrogen and oxygen atoms in total. The molecule has 1 unspecified atom stereocenters. The number of hydrogen-bond acceptors (Lipinski definition) is 6. The van der Waals surface area contributed by atoms with Crippen LogP contribution in [0.5, 0.6) is 0 Å². The molecule has 0 amide bonds. The van der Waals surface area contributed by atoms with E-state index in [0.717, 1.165) is 77.0 Å². The second kappa shape index (κ2) is 52.9. The van der Waals surface area contributed by atoms with Crippen LogP contribution in [0.1, 0.15) is 239 Å². The highest BCUT2D eigenvalue weighted by Gasteiger charge is 2.19. The number of esters is 3. The molecule has 0 saturated carbocycles. The maximum Gasteiger partial charge on any atom is 0.306 e. The molecule has 0 aromatic heterocycles. The first kappa shape index (κ1) is 61.3. The monoisotopic (exact) mass is 903 g/mol. The van der Waals surface area contributed by atoms with Crippen LogP contribution in [-0.4, -0.2) is 37.2 Å². The summed E-state index contributed by atoms with van der Waals surface area (Å²) in [6, 6.07) is 0. The Bertz CT molecular complexity index is 1310. The van der Waals surface area contributed by atoms with Crippen LogP contribution in [0.15, 0.2) is 97.2 Å². The van der Waals surface area contributed by atoms with Gasteiger partial charge in [-0.25, -0.2) is 0 Å². The Labute approximate surface area is 400 Å². The van der Waals surface area contributed by atoms with Crippen molar-refractivity contribution in [1.29, 1.82) is 0 Å². The van der Waals surface area contributed by atoms with Crippen molar-refractivity contribution in [2.75, 3.05) is 13.2 Å². The van der Waals surface area contributed by atoms with Crippen molar-refractivity contribution < 1.29 is 28.6 Å². The maximum absolute atomic E-state index is 12.8. The average Bonchev–Trinajstić information content (AvgIpc) is 3.30. The van der Waals surface area contributed by atoms with E-state index >= 15 is 0 Å². The van der Waals surface area contributed by atoms with Gasteiger partial charge in [0, 0.05) is 19.3 Å². The third-order valence-corrected chi connectivity index (χ3v) is 11.1. The van der Waals surface area contributed by atoms with Gasteiger partial charge in [-0.15, -0.1) is 0 Å². The van der Waals surface area contributed by atoms with E-state index in [9.17, 15) is 14.4 Å². The Hall–Kier alpha value is -3.67. The fraction of sp³-hybridized carbons (Fsp3) is 0.678. The molecule has 0 saturated heterocycles. The van der Waals surface area contributed by atoms with Crippen LogP contribution in [0.4, 0.5) is 0 Å². The number of carbonyl (C=O) groups is 3. The highest BCUT2D eigenvalue weighted by molar-refractivity contribution is 5.71. The minimum absolute atomic E-state index is 0.110. The minimum atomic E-state index is -0.818. The zero-order valence-electron chi connectivity index (χ0n) is 42.2. The van der Waals surface area contributed by atoms with Crippen molar-refractivity contribution in [1.82, 2.24) is 0 Å². The van der Waals surface area contributed by atoms with Crippen molar-refractivity contribution in [2.24, 2.45) is 0 Å². The number of hydrogen-bond donors (Lipinski definition) is 0.